The van der Waals surface area contributed by atoms with E-state index in [9.17, 15) is 14.4 Å². The number of hydrogen-bond acceptors (Lipinski definition) is 6. The molecule has 0 aromatic carbocycles. The summed E-state index contributed by atoms with van der Waals surface area (Å²) >= 11 is 0. The van der Waals surface area contributed by atoms with E-state index in [0.717, 1.165) is 69.6 Å². The standard InChI is InChI=1S/C57H110O6/c1-6-8-9-10-11-12-13-14-15-16-17-18-22-25-28-31-37-42-47-55(58)61-50-54(63-57(60)49-44-39-34-33-35-40-45-52(3)4)51-62-56(59)48-43-38-32-29-26-23-20-19-21-24-27-30-36-41-46-53(5)7-2/h52-54H,6-51H2,1-5H3/t53?,54-/m1/s1. The molecule has 0 spiro atoms. The summed E-state index contributed by atoms with van der Waals surface area (Å²) in [4.78, 5) is 38.0. The zero-order valence-corrected chi connectivity index (χ0v) is 43.2. The molecule has 0 aromatic heterocycles. The minimum Gasteiger partial charge on any atom is -0.462 e. The van der Waals surface area contributed by atoms with Crippen molar-refractivity contribution in [2.45, 2.75) is 323 Å². The molecule has 0 aliphatic heterocycles. The molecule has 0 fully saturated rings. The Morgan fingerprint density at radius 1 is 0.333 bits per heavy atom. The van der Waals surface area contributed by atoms with Crippen LogP contribution < -0.4 is 0 Å². The smallest absolute Gasteiger partial charge is 0.306 e. The Balaban J connectivity index is 4.19. The third kappa shape index (κ3) is 49.7. The van der Waals surface area contributed by atoms with Gasteiger partial charge in [0.15, 0.2) is 6.10 Å². The molecule has 0 saturated heterocycles. The average molecular weight is 892 g/mol. The highest BCUT2D eigenvalue weighted by molar-refractivity contribution is 5.71. The molecule has 63 heavy (non-hydrogen) atoms. The number of esters is 3. The maximum atomic E-state index is 12.8. The largest absolute Gasteiger partial charge is 0.462 e. The van der Waals surface area contributed by atoms with Gasteiger partial charge < -0.3 is 14.2 Å². The summed E-state index contributed by atoms with van der Waals surface area (Å²) in [7, 11) is 0. The van der Waals surface area contributed by atoms with Crippen LogP contribution in [0.25, 0.3) is 0 Å². The highest BCUT2D eigenvalue weighted by Crippen LogP contribution is 2.18. The molecule has 0 N–H and O–H groups in total. The van der Waals surface area contributed by atoms with Crippen molar-refractivity contribution in [3.05, 3.63) is 0 Å². The third-order valence-electron chi connectivity index (χ3n) is 13.3. The molecular formula is C57H110O6. The molecule has 2 atom stereocenters. The SMILES string of the molecule is CCCCCCCCCCCCCCCCCCCCC(=O)OC[C@H](COC(=O)CCCCCCCCCCCCCCCCC(C)CC)OC(=O)CCCCCCCCC(C)C. The predicted molar refractivity (Wildman–Crippen MR) is 270 cm³/mol. The fraction of sp³-hybridized carbons (Fsp3) is 0.947. The van der Waals surface area contributed by atoms with Gasteiger partial charge in [0.2, 0.25) is 0 Å². The number of ether oxygens (including phenoxy) is 3. The molecule has 0 saturated carbocycles. The predicted octanol–water partition coefficient (Wildman–Crippen LogP) is 18.5. The Morgan fingerprint density at radius 3 is 0.905 bits per heavy atom. The molecule has 0 radical (unpaired) electrons. The van der Waals surface area contributed by atoms with Gasteiger partial charge in [0.25, 0.3) is 0 Å². The molecule has 0 aromatic rings. The summed E-state index contributed by atoms with van der Waals surface area (Å²) in [5.74, 6) is 0.806. The molecule has 1 unspecified atom stereocenters. The van der Waals surface area contributed by atoms with Crippen LogP contribution in [0.3, 0.4) is 0 Å². The van der Waals surface area contributed by atoms with Gasteiger partial charge in [-0.2, -0.15) is 0 Å². The van der Waals surface area contributed by atoms with E-state index < -0.39 is 6.10 Å². The van der Waals surface area contributed by atoms with Crippen LogP contribution in [0.4, 0.5) is 0 Å². The highest BCUT2D eigenvalue weighted by atomic mass is 16.6. The van der Waals surface area contributed by atoms with Gasteiger partial charge in [-0.1, -0.05) is 279 Å². The zero-order chi connectivity index (χ0) is 46.1. The highest BCUT2D eigenvalue weighted by Gasteiger charge is 2.19. The number of unbranched alkanes of at least 4 members (excludes halogenated alkanes) is 35. The number of hydrogen-bond donors (Lipinski definition) is 0. The molecular weight excluding hydrogens is 781 g/mol. The summed E-state index contributed by atoms with van der Waals surface area (Å²) in [5.41, 5.74) is 0. The Labute approximate surface area is 393 Å². The van der Waals surface area contributed by atoms with Crippen LogP contribution in [0.1, 0.15) is 317 Å². The van der Waals surface area contributed by atoms with Crippen molar-refractivity contribution in [2.24, 2.45) is 11.8 Å². The van der Waals surface area contributed by atoms with E-state index in [0.29, 0.717) is 19.3 Å². The Hall–Kier alpha value is -1.59. The van der Waals surface area contributed by atoms with Gasteiger partial charge in [0, 0.05) is 19.3 Å². The van der Waals surface area contributed by atoms with E-state index in [1.807, 2.05) is 0 Å². The molecule has 6 heteroatoms. The lowest BCUT2D eigenvalue weighted by molar-refractivity contribution is -0.167. The first-order valence-electron chi connectivity index (χ1n) is 28.3. The van der Waals surface area contributed by atoms with Gasteiger partial charge in [-0.05, 0) is 31.1 Å². The van der Waals surface area contributed by atoms with Crippen molar-refractivity contribution in [1.82, 2.24) is 0 Å². The molecule has 0 aliphatic carbocycles. The first-order chi connectivity index (χ1) is 30.8. The number of carbonyl (C=O) groups is 3. The van der Waals surface area contributed by atoms with Crippen LogP contribution in [0.15, 0.2) is 0 Å². The van der Waals surface area contributed by atoms with Crippen LogP contribution in [0, 0.1) is 11.8 Å². The van der Waals surface area contributed by atoms with Crippen molar-refractivity contribution in [3.8, 4) is 0 Å². The monoisotopic (exact) mass is 891 g/mol. The Kier molecular flexibility index (Phi) is 48.6. The molecule has 0 aliphatic rings. The lowest BCUT2D eigenvalue weighted by Crippen LogP contribution is -2.30. The molecule has 6 nitrogen and oxygen atoms in total. The van der Waals surface area contributed by atoms with Gasteiger partial charge in [0.1, 0.15) is 13.2 Å². The average Bonchev–Trinajstić information content (AvgIpc) is 3.27. The fourth-order valence-corrected chi connectivity index (χ4v) is 8.66. The summed E-state index contributed by atoms with van der Waals surface area (Å²) < 4.78 is 16.8. The van der Waals surface area contributed by atoms with Gasteiger partial charge in [-0.15, -0.1) is 0 Å². The van der Waals surface area contributed by atoms with Gasteiger partial charge in [-0.25, -0.2) is 0 Å². The summed E-state index contributed by atoms with van der Waals surface area (Å²) in [5, 5.41) is 0. The minimum absolute atomic E-state index is 0.0642. The normalized spacial score (nSPS) is 12.5. The maximum absolute atomic E-state index is 12.8. The van der Waals surface area contributed by atoms with Crippen LogP contribution in [-0.2, 0) is 28.6 Å². The molecule has 0 amide bonds. The lowest BCUT2D eigenvalue weighted by atomic mass is 9.99. The van der Waals surface area contributed by atoms with Crippen LogP contribution in [0.5, 0.6) is 0 Å². The molecule has 0 bridgehead atoms. The molecule has 0 heterocycles. The fourth-order valence-electron chi connectivity index (χ4n) is 8.66. The van der Waals surface area contributed by atoms with Crippen LogP contribution in [0.2, 0.25) is 0 Å². The van der Waals surface area contributed by atoms with Crippen molar-refractivity contribution in [2.75, 3.05) is 13.2 Å². The number of rotatable bonds is 51. The van der Waals surface area contributed by atoms with Crippen molar-refractivity contribution in [3.63, 3.8) is 0 Å². The Morgan fingerprint density at radius 2 is 0.603 bits per heavy atom. The van der Waals surface area contributed by atoms with E-state index >= 15 is 0 Å². The summed E-state index contributed by atoms with van der Waals surface area (Å²) in [6.45, 7) is 11.4. The first kappa shape index (κ1) is 61.4. The van der Waals surface area contributed by atoms with E-state index in [4.69, 9.17) is 14.2 Å². The van der Waals surface area contributed by atoms with E-state index in [1.54, 1.807) is 0 Å². The lowest BCUT2D eigenvalue weighted by Gasteiger charge is -2.18. The van der Waals surface area contributed by atoms with E-state index in [1.165, 1.54) is 205 Å². The van der Waals surface area contributed by atoms with Gasteiger partial charge >= 0.3 is 17.9 Å². The second-order valence-electron chi connectivity index (χ2n) is 20.3. The summed E-state index contributed by atoms with van der Waals surface area (Å²) in [6.07, 6.45) is 52.5. The van der Waals surface area contributed by atoms with E-state index in [-0.39, 0.29) is 31.1 Å². The molecule has 374 valence electrons. The van der Waals surface area contributed by atoms with Gasteiger partial charge in [0.05, 0.1) is 0 Å². The van der Waals surface area contributed by atoms with Crippen molar-refractivity contribution < 1.29 is 28.6 Å². The van der Waals surface area contributed by atoms with Crippen LogP contribution in [-0.4, -0.2) is 37.2 Å². The summed E-state index contributed by atoms with van der Waals surface area (Å²) in [6, 6.07) is 0. The molecule has 0 rings (SSSR count). The topological polar surface area (TPSA) is 78.9 Å². The second-order valence-corrected chi connectivity index (χ2v) is 20.3. The number of carbonyl (C=O) groups excluding carboxylic acids is 3. The van der Waals surface area contributed by atoms with Gasteiger partial charge in [-0.3, -0.25) is 14.4 Å². The third-order valence-corrected chi connectivity index (χ3v) is 13.3. The zero-order valence-electron chi connectivity index (χ0n) is 43.2. The Bertz CT molecular complexity index is 964. The quantitative estimate of drug-likeness (QED) is 0.0344. The second kappa shape index (κ2) is 49.8. The van der Waals surface area contributed by atoms with Crippen molar-refractivity contribution in [1.29, 1.82) is 0 Å². The maximum Gasteiger partial charge on any atom is 0.306 e. The first-order valence-corrected chi connectivity index (χ1v) is 28.3. The van der Waals surface area contributed by atoms with E-state index in [2.05, 4.69) is 34.6 Å². The van der Waals surface area contributed by atoms with Crippen molar-refractivity contribution >= 4 is 17.9 Å². The minimum atomic E-state index is -0.763. The van der Waals surface area contributed by atoms with Crippen LogP contribution >= 0.6 is 0 Å².